The zero-order valence-corrected chi connectivity index (χ0v) is 7.22. The lowest BCUT2D eigenvalue weighted by molar-refractivity contribution is -0.218. The van der Waals surface area contributed by atoms with E-state index in [9.17, 15) is 0 Å². The van der Waals surface area contributed by atoms with Crippen LogP contribution in [0.15, 0.2) is 12.0 Å². The van der Waals surface area contributed by atoms with Crippen molar-refractivity contribution in [1.82, 2.24) is 0 Å². The van der Waals surface area contributed by atoms with E-state index >= 15 is 0 Å². The third-order valence-electron chi connectivity index (χ3n) is 1.42. The summed E-state index contributed by atoms with van der Waals surface area (Å²) in [5, 5.41) is 0. The van der Waals surface area contributed by atoms with Gasteiger partial charge < -0.3 is 14.2 Å². The smallest absolute Gasteiger partial charge is 0.204 e. The first-order valence-corrected chi connectivity index (χ1v) is 3.69. The minimum Gasteiger partial charge on any atom is -0.501 e. The van der Waals surface area contributed by atoms with Crippen LogP contribution >= 0.6 is 0 Å². The normalized spacial score (nSPS) is 26.3. The van der Waals surface area contributed by atoms with E-state index < -0.39 is 5.79 Å². The van der Waals surface area contributed by atoms with Crippen LogP contribution in [-0.2, 0) is 14.2 Å². The quantitative estimate of drug-likeness (QED) is 0.543. The first-order valence-electron chi connectivity index (χ1n) is 3.69. The van der Waals surface area contributed by atoms with Crippen LogP contribution in [0.1, 0.15) is 20.3 Å². The molecule has 1 saturated heterocycles. The molecule has 1 aliphatic rings. The molecule has 64 valence electrons. The van der Waals surface area contributed by atoms with E-state index in [4.69, 9.17) is 14.2 Å². The van der Waals surface area contributed by atoms with Crippen molar-refractivity contribution in [1.29, 1.82) is 0 Å². The number of rotatable bonds is 1. The van der Waals surface area contributed by atoms with Gasteiger partial charge in [0.1, 0.15) is 12.0 Å². The van der Waals surface area contributed by atoms with Crippen LogP contribution < -0.4 is 0 Å². The molecule has 0 aromatic rings. The maximum atomic E-state index is 5.43. The maximum absolute atomic E-state index is 5.43. The van der Waals surface area contributed by atoms with Gasteiger partial charge >= 0.3 is 0 Å². The van der Waals surface area contributed by atoms with Gasteiger partial charge in [-0.05, 0) is 0 Å². The topological polar surface area (TPSA) is 27.7 Å². The van der Waals surface area contributed by atoms with E-state index in [1.54, 1.807) is 13.4 Å². The second-order valence-electron chi connectivity index (χ2n) is 2.92. The molecule has 1 heterocycles. The van der Waals surface area contributed by atoms with E-state index in [1.807, 2.05) is 13.8 Å². The average molecular weight is 158 g/mol. The number of hydrogen-bond donors (Lipinski definition) is 0. The number of methoxy groups -OCH3 is 1. The van der Waals surface area contributed by atoms with Gasteiger partial charge in [0.2, 0.25) is 5.79 Å². The summed E-state index contributed by atoms with van der Waals surface area (Å²) in [6, 6.07) is 0. The minimum atomic E-state index is -0.497. The standard InChI is InChI=1S/C8H14O3/c1-8(2)10-5-4-7(11-8)6-9-3/h6H,4-5H2,1-3H3. The molecule has 0 amide bonds. The third-order valence-corrected chi connectivity index (χ3v) is 1.42. The first-order chi connectivity index (χ1) is 5.14. The fraction of sp³-hybridized carbons (Fsp3) is 0.750. The molecule has 0 radical (unpaired) electrons. The van der Waals surface area contributed by atoms with Crippen LogP contribution in [0.5, 0.6) is 0 Å². The molecule has 0 saturated carbocycles. The molecule has 0 aliphatic carbocycles. The molecule has 0 unspecified atom stereocenters. The largest absolute Gasteiger partial charge is 0.501 e. The number of ether oxygens (including phenoxy) is 3. The van der Waals surface area contributed by atoms with Gasteiger partial charge in [-0.25, -0.2) is 0 Å². The Morgan fingerprint density at radius 2 is 2.27 bits per heavy atom. The fourth-order valence-corrected chi connectivity index (χ4v) is 1.01. The van der Waals surface area contributed by atoms with E-state index in [0.717, 1.165) is 12.2 Å². The lowest BCUT2D eigenvalue weighted by Gasteiger charge is -2.32. The second kappa shape index (κ2) is 3.13. The van der Waals surface area contributed by atoms with Crippen molar-refractivity contribution in [3.63, 3.8) is 0 Å². The third kappa shape index (κ3) is 2.42. The highest BCUT2D eigenvalue weighted by Crippen LogP contribution is 2.23. The van der Waals surface area contributed by atoms with Crippen molar-refractivity contribution in [3.05, 3.63) is 12.0 Å². The highest BCUT2D eigenvalue weighted by Gasteiger charge is 2.25. The Bertz CT molecular complexity index is 161. The van der Waals surface area contributed by atoms with Gasteiger partial charge in [-0.3, -0.25) is 0 Å². The average Bonchev–Trinajstić information content (AvgIpc) is 1.85. The molecule has 0 aromatic heterocycles. The van der Waals surface area contributed by atoms with Gasteiger partial charge in [0, 0.05) is 20.3 Å². The molecule has 1 aliphatic heterocycles. The summed E-state index contributed by atoms with van der Waals surface area (Å²) in [7, 11) is 1.61. The molecular formula is C8H14O3. The van der Waals surface area contributed by atoms with Crippen molar-refractivity contribution in [2.75, 3.05) is 13.7 Å². The second-order valence-corrected chi connectivity index (χ2v) is 2.92. The summed E-state index contributed by atoms with van der Waals surface area (Å²) < 4.78 is 15.6. The number of hydrogen-bond acceptors (Lipinski definition) is 3. The predicted molar refractivity (Wildman–Crippen MR) is 40.8 cm³/mol. The maximum Gasteiger partial charge on any atom is 0.204 e. The van der Waals surface area contributed by atoms with Crippen molar-refractivity contribution in [3.8, 4) is 0 Å². The van der Waals surface area contributed by atoms with E-state index in [0.29, 0.717) is 6.61 Å². The first kappa shape index (κ1) is 8.40. The Morgan fingerprint density at radius 1 is 1.55 bits per heavy atom. The van der Waals surface area contributed by atoms with Gasteiger partial charge in [-0.15, -0.1) is 0 Å². The van der Waals surface area contributed by atoms with Crippen LogP contribution in [0.3, 0.4) is 0 Å². The summed E-state index contributed by atoms with van der Waals surface area (Å²) in [5.41, 5.74) is 0. The molecule has 0 aromatic carbocycles. The van der Waals surface area contributed by atoms with Crippen LogP contribution in [-0.4, -0.2) is 19.5 Å². The van der Waals surface area contributed by atoms with Crippen molar-refractivity contribution in [2.24, 2.45) is 0 Å². The van der Waals surface area contributed by atoms with Gasteiger partial charge in [0.05, 0.1) is 13.7 Å². The van der Waals surface area contributed by atoms with Crippen molar-refractivity contribution < 1.29 is 14.2 Å². The fourth-order valence-electron chi connectivity index (χ4n) is 1.01. The van der Waals surface area contributed by atoms with Crippen LogP contribution in [0.4, 0.5) is 0 Å². The Labute approximate surface area is 66.9 Å². The van der Waals surface area contributed by atoms with Crippen molar-refractivity contribution in [2.45, 2.75) is 26.1 Å². The monoisotopic (exact) mass is 158 g/mol. The molecule has 1 rings (SSSR count). The Hall–Kier alpha value is -0.700. The summed E-state index contributed by atoms with van der Waals surface area (Å²) >= 11 is 0. The summed E-state index contributed by atoms with van der Waals surface area (Å²) in [6.07, 6.45) is 2.40. The zero-order chi connectivity index (χ0) is 8.32. The van der Waals surface area contributed by atoms with Gasteiger partial charge in [-0.1, -0.05) is 0 Å². The van der Waals surface area contributed by atoms with Gasteiger partial charge in [-0.2, -0.15) is 0 Å². The highest BCUT2D eigenvalue weighted by atomic mass is 16.7. The molecule has 0 N–H and O–H groups in total. The lowest BCUT2D eigenvalue weighted by atomic mass is 10.3. The molecular weight excluding hydrogens is 144 g/mol. The van der Waals surface area contributed by atoms with Gasteiger partial charge in [0.15, 0.2) is 0 Å². The van der Waals surface area contributed by atoms with Crippen molar-refractivity contribution >= 4 is 0 Å². The van der Waals surface area contributed by atoms with Crippen LogP contribution in [0.25, 0.3) is 0 Å². The molecule has 3 heteroatoms. The zero-order valence-electron chi connectivity index (χ0n) is 7.22. The highest BCUT2D eigenvalue weighted by molar-refractivity contribution is 4.91. The molecule has 0 spiro atoms. The molecule has 11 heavy (non-hydrogen) atoms. The van der Waals surface area contributed by atoms with Gasteiger partial charge in [0.25, 0.3) is 0 Å². The van der Waals surface area contributed by atoms with E-state index in [2.05, 4.69) is 0 Å². The molecule has 3 nitrogen and oxygen atoms in total. The molecule has 0 bridgehead atoms. The van der Waals surface area contributed by atoms with E-state index in [1.165, 1.54) is 0 Å². The Morgan fingerprint density at radius 3 is 2.82 bits per heavy atom. The lowest BCUT2D eigenvalue weighted by Crippen LogP contribution is -2.33. The Balaban J connectivity index is 2.53. The summed E-state index contributed by atoms with van der Waals surface area (Å²) in [4.78, 5) is 0. The molecule has 0 atom stereocenters. The van der Waals surface area contributed by atoms with E-state index in [-0.39, 0.29) is 0 Å². The predicted octanol–water partition coefficient (Wildman–Crippen LogP) is 1.65. The summed E-state index contributed by atoms with van der Waals surface area (Å²) in [5.74, 6) is 0.353. The Kier molecular flexibility index (Phi) is 2.39. The van der Waals surface area contributed by atoms with Crippen LogP contribution in [0, 0.1) is 0 Å². The minimum absolute atomic E-state index is 0.497. The summed E-state index contributed by atoms with van der Waals surface area (Å²) in [6.45, 7) is 4.47. The van der Waals surface area contributed by atoms with Crippen LogP contribution in [0.2, 0.25) is 0 Å². The SMILES string of the molecule is COC=C1CCOC(C)(C)O1. The molecule has 1 fully saturated rings.